The zero-order valence-corrected chi connectivity index (χ0v) is 17.5. The molecule has 1 aliphatic rings. The number of alkyl halides is 3. The second-order valence-corrected chi connectivity index (χ2v) is 9.10. The quantitative estimate of drug-likeness (QED) is 0.572. The lowest BCUT2D eigenvalue weighted by Crippen LogP contribution is -2.49. The van der Waals surface area contributed by atoms with E-state index in [1.807, 2.05) is 4.90 Å². The van der Waals surface area contributed by atoms with E-state index in [2.05, 4.69) is 10.2 Å². The van der Waals surface area contributed by atoms with Gasteiger partial charge in [0, 0.05) is 26.2 Å². The molecule has 0 saturated carbocycles. The number of anilines is 1. The molecule has 0 radical (unpaired) electrons. The topological polar surface area (TPSA) is 79.5 Å². The molecule has 0 atom stereocenters. The van der Waals surface area contributed by atoms with Gasteiger partial charge in [-0.2, -0.15) is 17.5 Å². The maximum Gasteiger partial charge on any atom is 0.416 e. The van der Waals surface area contributed by atoms with Crippen LogP contribution in [0.2, 0.25) is 5.02 Å². The van der Waals surface area contributed by atoms with Gasteiger partial charge in [-0.05, 0) is 42.5 Å². The molecule has 12 heteroatoms. The molecule has 3 aromatic rings. The first kappa shape index (κ1) is 21.6. The molecule has 0 aliphatic carbocycles. The highest BCUT2D eigenvalue weighted by Crippen LogP contribution is 2.34. The Morgan fingerprint density at radius 2 is 1.74 bits per heavy atom. The van der Waals surface area contributed by atoms with Crippen LogP contribution in [0.4, 0.5) is 19.0 Å². The largest absolute Gasteiger partial charge is 0.463 e. The summed E-state index contributed by atoms with van der Waals surface area (Å²) in [6.07, 6.45) is -3.14. The highest BCUT2D eigenvalue weighted by atomic mass is 35.5. The summed E-state index contributed by atoms with van der Waals surface area (Å²) >= 11 is 5.92. The number of furan rings is 1. The van der Waals surface area contributed by atoms with Crippen LogP contribution in [0.3, 0.4) is 0 Å². The van der Waals surface area contributed by atoms with Gasteiger partial charge < -0.3 is 9.32 Å². The van der Waals surface area contributed by atoms with Gasteiger partial charge >= 0.3 is 6.18 Å². The average molecular weight is 473 g/mol. The van der Waals surface area contributed by atoms with E-state index in [0.717, 1.165) is 16.4 Å². The Bertz CT molecular complexity index is 1160. The number of sulfonamides is 1. The number of benzene rings is 1. The van der Waals surface area contributed by atoms with Crippen LogP contribution in [0.1, 0.15) is 5.56 Å². The predicted molar refractivity (Wildman–Crippen MR) is 107 cm³/mol. The van der Waals surface area contributed by atoms with Gasteiger partial charge in [-0.1, -0.05) is 11.6 Å². The van der Waals surface area contributed by atoms with Crippen molar-refractivity contribution in [3.63, 3.8) is 0 Å². The van der Waals surface area contributed by atoms with E-state index in [4.69, 9.17) is 16.0 Å². The number of piperazine rings is 1. The molecule has 1 fully saturated rings. The maximum atomic E-state index is 13.0. The molecule has 1 saturated heterocycles. The number of rotatable bonds is 4. The Balaban J connectivity index is 1.48. The van der Waals surface area contributed by atoms with Crippen molar-refractivity contribution in [1.29, 1.82) is 0 Å². The number of hydrogen-bond donors (Lipinski definition) is 0. The van der Waals surface area contributed by atoms with Crippen molar-refractivity contribution in [2.45, 2.75) is 11.1 Å². The molecule has 0 amide bonds. The van der Waals surface area contributed by atoms with Gasteiger partial charge in [-0.25, -0.2) is 8.42 Å². The van der Waals surface area contributed by atoms with E-state index < -0.39 is 26.7 Å². The van der Waals surface area contributed by atoms with Crippen LogP contribution in [0, 0.1) is 0 Å². The lowest BCUT2D eigenvalue weighted by atomic mass is 10.2. The van der Waals surface area contributed by atoms with Crippen molar-refractivity contribution in [1.82, 2.24) is 14.5 Å². The van der Waals surface area contributed by atoms with Crippen molar-refractivity contribution in [2.24, 2.45) is 0 Å². The highest BCUT2D eigenvalue weighted by Gasteiger charge is 2.35. The summed E-state index contributed by atoms with van der Waals surface area (Å²) in [4.78, 5) is 1.29. The molecule has 4 rings (SSSR count). The average Bonchev–Trinajstić information content (AvgIpc) is 3.28. The van der Waals surface area contributed by atoms with E-state index >= 15 is 0 Å². The molecule has 164 valence electrons. The van der Waals surface area contributed by atoms with Crippen molar-refractivity contribution < 1.29 is 26.0 Å². The van der Waals surface area contributed by atoms with Crippen LogP contribution in [-0.2, 0) is 16.2 Å². The molecular formula is C19H16ClF3N4O3S. The van der Waals surface area contributed by atoms with Crippen molar-refractivity contribution in [3.05, 3.63) is 59.3 Å². The lowest BCUT2D eigenvalue weighted by Gasteiger charge is -2.34. The lowest BCUT2D eigenvalue weighted by molar-refractivity contribution is -0.137. The standard InChI is InChI=1S/C19H16ClF3N4O3S/c20-14-4-3-13(19(21,22)23)12-17(14)31(28,29)27-9-7-26(8-10-27)18-6-5-15(24-25-18)16-2-1-11-30-16/h1-6,11-12H,7-10H2. The second-order valence-electron chi connectivity index (χ2n) is 6.79. The fraction of sp³-hybridized carbons (Fsp3) is 0.263. The van der Waals surface area contributed by atoms with Crippen LogP contribution >= 0.6 is 11.6 Å². The van der Waals surface area contributed by atoms with Crippen molar-refractivity contribution in [3.8, 4) is 11.5 Å². The van der Waals surface area contributed by atoms with Gasteiger partial charge in [-0.3, -0.25) is 0 Å². The summed E-state index contributed by atoms with van der Waals surface area (Å²) in [5.41, 5.74) is -0.504. The third-order valence-electron chi connectivity index (χ3n) is 4.86. The first-order valence-electron chi connectivity index (χ1n) is 9.16. The fourth-order valence-corrected chi connectivity index (χ4v) is 5.15. The third-order valence-corrected chi connectivity index (χ3v) is 7.24. The Hall–Kier alpha value is -2.63. The van der Waals surface area contributed by atoms with Crippen LogP contribution in [0.15, 0.2) is 58.0 Å². The predicted octanol–water partition coefficient (Wildman–Crippen LogP) is 3.92. The van der Waals surface area contributed by atoms with E-state index in [9.17, 15) is 21.6 Å². The van der Waals surface area contributed by atoms with Crippen LogP contribution in [0.25, 0.3) is 11.5 Å². The molecule has 0 bridgehead atoms. The molecule has 7 nitrogen and oxygen atoms in total. The van der Waals surface area contributed by atoms with Gasteiger partial charge in [0.15, 0.2) is 11.6 Å². The van der Waals surface area contributed by atoms with Gasteiger partial charge in [-0.15, -0.1) is 10.2 Å². The number of aromatic nitrogens is 2. The number of halogens is 4. The Morgan fingerprint density at radius 3 is 2.32 bits per heavy atom. The van der Waals surface area contributed by atoms with Crippen LogP contribution in [0.5, 0.6) is 0 Å². The Morgan fingerprint density at radius 1 is 1.00 bits per heavy atom. The smallest absolute Gasteiger partial charge is 0.416 e. The van der Waals surface area contributed by atoms with Gasteiger partial charge in [0.05, 0.1) is 16.8 Å². The van der Waals surface area contributed by atoms with E-state index in [1.54, 1.807) is 24.3 Å². The van der Waals surface area contributed by atoms with Crippen molar-refractivity contribution >= 4 is 27.4 Å². The minimum atomic E-state index is -4.67. The summed E-state index contributed by atoms with van der Waals surface area (Å²) in [6.45, 7) is 0.724. The summed E-state index contributed by atoms with van der Waals surface area (Å²) in [5, 5.41) is 8.02. The minimum absolute atomic E-state index is 0.0660. The molecule has 2 aromatic heterocycles. The van der Waals surface area contributed by atoms with Crippen LogP contribution < -0.4 is 4.90 Å². The van der Waals surface area contributed by atoms with E-state index in [-0.39, 0.29) is 18.1 Å². The first-order chi connectivity index (χ1) is 14.7. The number of nitrogens with zero attached hydrogens (tertiary/aromatic N) is 4. The molecule has 1 aliphatic heterocycles. The summed E-state index contributed by atoms with van der Waals surface area (Å²) in [6, 6.07) is 9.26. The molecule has 0 unspecified atom stereocenters. The summed E-state index contributed by atoms with van der Waals surface area (Å²) in [5.74, 6) is 1.14. The molecule has 31 heavy (non-hydrogen) atoms. The van der Waals surface area contributed by atoms with E-state index in [0.29, 0.717) is 36.4 Å². The molecule has 3 heterocycles. The Kier molecular flexibility index (Phi) is 5.67. The highest BCUT2D eigenvalue weighted by molar-refractivity contribution is 7.89. The van der Waals surface area contributed by atoms with Crippen molar-refractivity contribution in [2.75, 3.05) is 31.1 Å². The summed E-state index contributed by atoms with van der Waals surface area (Å²) in [7, 11) is -4.19. The number of hydrogen-bond acceptors (Lipinski definition) is 6. The maximum absolute atomic E-state index is 13.0. The van der Waals surface area contributed by atoms with Gasteiger partial charge in [0.1, 0.15) is 10.6 Å². The third kappa shape index (κ3) is 4.39. The first-order valence-corrected chi connectivity index (χ1v) is 11.0. The SMILES string of the molecule is O=S(=O)(c1cc(C(F)(F)F)ccc1Cl)N1CCN(c2ccc(-c3ccco3)nn2)CC1. The monoisotopic (exact) mass is 472 g/mol. The summed E-state index contributed by atoms with van der Waals surface area (Å²) < 4.78 is 71.3. The zero-order chi connectivity index (χ0) is 22.2. The second kappa shape index (κ2) is 8.13. The molecule has 0 N–H and O–H groups in total. The molecule has 1 aromatic carbocycles. The normalized spacial score (nSPS) is 15.9. The zero-order valence-electron chi connectivity index (χ0n) is 15.9. The van der Waals surface area contributed by atoms with Gasteiger partial charge in [0.2, 0.25) is 10.0 Å². The van der Waals surface area contributed by atoms with Gasteiger partial charge in [0.25, 0.3) is 0 Å². The van der Waals surface area contributed by atoms with Crippen LogP contribution in [-0.4, -0.2) is 49.1 Å². The van der Waals surface area contributed by atoms with E-state index in [1.165, 1.54) is 6.26 Å². The molecule has 0 spiro atoms. The Labute approximate surface area is 181 Å². The minimum Gasteiger partial charge on any atom is -0.463 e. The molecular weight excluding hydrogens is 457 g/mol. The fourth-order valence-electron chi connectivity index (χ4n) is 3.22.